The molecule has 37 heavy (non-hydrogen) atoms. The Morgan fingerprint density at radius 3 is 1.35 bits per heavy atom. The van der Waals surface area contributed by atoms with Crippen LogP contribution in [0.15, 0.2) is 60.7 Å². The molecule has 200 valence electrons. The van der Waals surface area contributed by atoms with E-state index >= 15 is 0 Å². The summed E-state index contributed by atoms with van der Waals surface area (Å²) in [5, 5.41) is 13.1. The zero-order valence-electron chi connectivity index (χ0n) is 21.8. The highest BCUT2D eigenvalue weighted by atomic mass is 32.1. The van der Waals surface area contributed by atoms with E-state index in [1.807, 2.05) is 64.1 Å². The van der Waals surface area contributed by atoms with Crippen LogP contribution in [-0.4, -0.2) is 41.9 Å². The van der Waals surface area contributed by atoms with Crippen LogP contribution in [0.1, 0.15) is 40.5 Å². The van der Waals surface area contributed by atoms with Crippen molar-refractivity contribution in [1.82, 2.24) is 21.3 Å². The molecule has 0 saturated heterocycles. The molecule has 0 aliphatic heterocycles. The molecule has 4 N–H and O–H groups in total. The van der Waals surface area contributed by atoms with Crippen molar-refractivity contribution in [1.29, 1.82) is 0 Å². The lowest BCUT2D eigenvalue weighted by Gasteiger charge is -2.23. The number of para-hydroxylation sites is 2. The molecule has 2 aromatic rings. The first-order valence-corrected chi connectivity index (χ1v) is 12.9. The topological polar surface area (TPSA) is 101 Å². The maximum absolute atomic E-state index is 12.5. The zero-order valence-corrected chi connectivity index (χ0v) is 23.4. The quantitative estimate of drug-likeness (QED) is 0.136. The molecule has 0 aliphatic carbocycles. The first-order chi connectivity index (χ1) is 17.5. The van der Waals surface area contributed by atoms with Crippen LogP contribution in [0.2, 0.25) is 0 Å². The number of esters is 2. The number of hydrogen-bond acceptors (Lipinski definition) is 6. The molecule has 8 nitrogen and oxygen atoms in total. The molecule has 0 amide bonds. The molecule has 0 unspecified atom stereocenters. The molecule has 0 radical (unpaired) electrons. The standard InChI is InChI=1S/C27H36N4O4S2/c1-26(2,22(32)34-20-11-7-5-8-12-20)15-17-28-24(36)30-19-31-25(37)29-18-16-27(3,4)23(33)35-21-13-9-6-10-14-21/h5-14H,15-19H2,1-4H3,(H2,28,30,36)(H2,29,31,37). The average molecular weight is 545 g/mol. The number of thiocarbonyl (C=S) groups is 2. The van der Waals surface area contributed by atoms with Crippen LogP contribution < -0.4 is 30.7 Å². The van der Waals surface area contributed by atoms with Crippen LogP contribution in [0.4, 0.5) is 0 Å². The third kappa shape index (κ3) is 11.1. The third-order valence-corrected chi connectivity index (χ3v) is 6.16. The maximum atomic E-state index is 12.5. The van der Waals surface area contributed by atoms with Gasteiger partial charge in [-0.2, -0.15) is 0 Å². The van der Waals surface area contributed by atoms with Crippen LogP contribution in [0.5, 0.6) is 11.5 Å². The fraction of sp³-hybridized carbons (Fsp3) is 0.407. The summed E-state index contributed by atoms with van der Waals surface area (Å²) in [4.78, 5) is 24.9. The van der Waals surface area contributed by atoms with E-state index in [2.05, 4.69) is 21.3 Å². The van der Waals surface area contributed by atoms with E-state index in [1.54, 1.807) is 24.3 Å². The van der Waals surface area contributed by atoms with E-state index < -0.39 is 10.8 Å². The molecule has 2 rings (SSSR count). The van der Waals surface area contributed by atoms with Gasteiger partial charge in [0.05, 0.1) is 17.5 Å². The summed E-state index contributed by atoms with van der Waals surface area (Å²) >= 11 is 10.6. The van der Waals surface area contributed by atoms with Gasteiger partial charge in [-0.3, -0.25) is 9.59 Å². The lowest BCUT2D eigenvalue weighted by atomic mass is 9.89. The number of nitrogens with one attached hydrogen (secondary N) is 4. The monoisotopic (exact) mass is 544 g/mol. The first-order valence-electron chi connectivity index (χ1n) is 12.1. The minimum absolute atomic E-state index is 0.297. The SMILES string of the molecule is CC(C)(CCNC(=S)NCNC(=S)NCCC(C)(C)C(=O)Oc1ccccc1)C(=O)Oc1ccccc1. The Labute approximate surface area is 229 Å². The largest absolute Gasteiger partial charge is 0.426 e. The molecule has 0 atom stereocenters. The number of ether oxygens (including phenoxy) is 2. The molecule has 0 saturated carbocycles. The molecule has 0 fully saturated rings. The van der Waals surface area contributed by atoms with E-state index in [4.69, 9.17) is 33.9 Å². The zero-order chi connectivity index (χ0) is 27.3. The molecular weight excluding hydrogens is 508 g/mol. The normalized spacial score (nSPS) is 11.1. The van der Waals surface area contributed by atoms with Crippen molar-refractivity contribution in [3.05, 3.63) is 60.7 Å². The second-order valence-electron chi connectivity index (χ2n) is 9.72. The highest BCUT2D eigenvalue weighted by Gasteiger charge is 2.30. The van der Waals surface area contributed by atoms with E-state index in [9.17, 15) is 9.59 Å². The van der Waals surface area contributed by atoms with Crippen molar-refractivity contribution in [2.75, 3.05) is 19.8 Å². The number of carbonyl (C=O) groups excluding carboxylic acids is 2. The molecule has 2 aromatic carbocycles. The van der Waals surface area contributed by atoms with Crippen LogP contribution >= 0.6 is 24.4 Å². The minimum Gasteiger partial charge on any atom is -0.426 e. The van der Waals surface area contributed by atoms with Gasteiger partial charge in [-0.15, -0.1) is 0 Å². The van der Waals surface area contributed by atoms with Gasteiger partial charge in [-0.25, -0.2) is 0 Å². The van der Waals surface area contributed by atoms with E-state index in [0.717, 1.165) is 0 Å². The summed E-state index contributed by atoms with van der Waals surface area (Å²) in [6.45, 7) is 8.67. The van der Waals surface area contributed by atoms with Gasteiger partial charge < -0.3 is 30.7 Å². The third-order valence-electron chi connectivity index (χ3n) is 5.58. The first kappa shape index (κ1) is 30.0. The van der Waals surface area contributed by atoms with Gasteiger partial charge >= 0.3 is 11.9 Å². The van der Waals surface area contributed by atoms with Crippen LogP contribution in [0.25, 0.3) is 0 Å². The summed E-state index contributed by atoms with van der Waals surface area (Å²) in [7, 11) is 0. The van der Waals surface area contributed by atoms with Crippen molar-refractivity contribution >= 4 is 46.6 Å². The molecule has 0 aromatic heterocycles. The highest BCUT2D eigenvalue weighted by Crippen LogP contribution is 2.24. The van der Waals surface area contributed by atoms with E-state index in [0.29, 0.717) is 54.3 Å². The Morgan fingerprint density at radius 1 is 0.649 bits per heavy atom. The molecular formula is C27H36N4O4S2. The Morgan fingerprint density at radius 2 is 1.00 bits per heavy atom. The summed E-state index contributed by atoms with van der Waals surface area (Å²) < 4.78 is 10.9. The number of rotatable bonds is 12. The fourth-order valence-electron chi connectivity index (χ4n) is 2.98. The fourth-order valence-corrected chi connectivity index (χ4v) is 3.33. The van der Waals surface area contributed by atoms with Crippen LogP contribution in [0.3, 0.4) is 0 Å². The van der Waals surface area contributed by atoms with Gasteiger partial charge in [0.2, 0.25) is 0 Å². The number of carbonyl (C=O) groups is 2. The number of hydrogen-bond donors (Lipinski definition) is 4. The summed E-state index contributed by atoms with van der Waals surface area (Å²) in [6.07, 6.45) is 1.08. The second-order valence-corrected chi connectivity index (χ2v) is 10.5. The Bertz CT molecular complexity index is 963. The van der Waals surface area contributed by atoms with Crippen molar-refractivity contribution in [2.45, 2.75) is 40.5 Å². The van der Waals surface area contributed by atoms with E-state index in [1.165, 1.54) is 0 Å². The lowest BCUT2D eigenvalue weighted by molar-refractivity contribution is -0.145. The van der Waals surface area contributed by atoms with Crippen molar-refractivity contribution < 1.29 is 19.1 Å². The van der Waals surface area contributed by atoms with Gasteiger partial charge in [0.25, 0.3) is 0 Å². The summed E-state index contributed by atoms with van der Waals surface area (Å²) in [5.74, 6) is 0.456. The van der Waals surface area contributed by atoms with Gasteiger partial charge in [0.1, 0.15) is 11.5 Å². The van der Waals surface area contributed by atoms with Crippen LogP contribution in [0, 0.1) is 10.8 Å². The Balaban J connectivity index is 1.59. The van der Waals surface area contributed by atoms with Crippen molar-refractivity contribution in [3.8, 4) is 11.5 Å². The maximum Gasteiger partial charge on any atom is 0.316 e. The van der Waals surface area contributed by atoms with Crippen LogP contribution in [-0.2, 0) is 9.59 Å². The van der Waals surface area contributed by atoms with Crippen molar-refractivity contribution in [3.63, 3.8) is 0 Å². The smallest absolute Gasteiger partial charge is 0.316 e. The molecule has 0 aliphatic rings. The average Bonchev–Trinajstić information content (AvgIpc) is 2.85. The molecule has 0 heterocycles. The lowest BCUT2D eigenvalue weighted by Crippen LogP contribution is -2.46. The molecule has 10 heteroatoms. The van der Waals surface area contributed by atoms with Gasteiger partial charge in [0, 0.05) is 13.1 Å². The minimum atomic E-state index is -0.677. The Kier molecular flexibility index (Phi) is 11.7. The summed E-state index contributed by atoms with van der Waals surface area (Å²) in [6, 6.07) is 18.0. The predicted octanol–water partition coefficient (Wildman–Crippen LogP) is 3.92. The molecule has 0 bridgehead atoms. The van der Waals surface area contributed by atoms with Crippen molar-refractivity contribution in [2.24, 2.45) is 10.8 Å². The highest BCUT2D eigenvalue weighted by molar-refractivity contribution is 7.80. The van der Waals surface area contributed by atoms with E-state index in [-0.39, 0.29) is 11.9 Å². The number of benzene rings is 2. The van der Waals surface area contributed by atoms with Gasteiger partial charge in [-0.05, 0) is 89.2 Å². The molecule has 0 spiro atoms. The second kappa shape index (κ2) is 14.5. The predicted molar refractivity (Wildman–Crippen MR) is 153 cm³/mol. The van der Waals surface area contributed by atoms with Gasteiger partial charge in [-0.1, -0.05) is 36.4 Å². The van der Waals surface area contributed by atoms with Gasteiger partial charge in [0.15, 0.2) is 10.2 Å². The Hall–Kier alpha value is -3.24. The summed E-state index contributed by atoms with van der Waals surface area (Å²) in [5.41, 5.74) is -1.35.